The van der Waals surface area contributed by atoms with E-state index in [0.717, 1.165) is 0 Å². The van der Waals surface area contributed by atoms with Gasteiger partial charge in [-0.3, -0.25) is 30.3 Å². The normalized spacial score (nSPS) is 10.1. The van der Waals surface area contributed by atoms with Crippen LogP contribution in [0.3, 0.4) is 0 Å². The molecule has 1 N–H and O–H groups in total. The van der Waals surface area contributed by atoms with Gasteiger partial charge < -0.3 is 5.11 Å². The first-order valence-corrected chi connectivity index (χ1v) is 10.5. The molecule has 0 aliphatic rings. The van der Waals surface area contributed by atoms with Crippen molar-refractivity contribution in [2.24, 2.45) is 0 Å². The monoisotopic (exact) mass is 508 g/mol. The van der Waals surface area contributed by atoms with Gasteiger partial charge in [0.1, 0.15) is 0 Å². The Labute approximate surface area is 164 Å². The topological polar surface area (TPSA) is 167 Å². The van der Waals surface area contributed by atoms with Gasteiger partial charge in [0, 0.05) is 0 Å². The Kier molecular flexibility index (Phi) is 6.67. The molecule has 0 amide bonds. The minimum absolute atomic E-state index is 0.0487. The summed E-state index contributed by atoms with van der Waals surface area (Å²) in [5, 5.41) is 42.1. The van der Waals surface area contributed by atoms with E-state index in [0.29, 0.717) is 12.1 Å². The number of nitrogens with one attached hydrogen (secondary N) is 1. The number of aromatic nitrogens is 1. The predicted molar refractivity (Wildman–Crippen MR) is 95.1 cm³/mol. The first-order chi connectivity index (χ1) is 12.7. The zero-order chi connectivity index (χ0) is 20.1. The van der Waals surface area contributed by atoms with Crippen molar-refractivity contribution in [3.63, 3.8) is 0 Å². The first-order valence-electron chi connectivity index (χ1n) is 6.97. The predicted octanol–water partition coefficient (Wildman–Crippen LogP) is 1.92. The molecule has 2 aromatic carbocycles. The van der Waals surface area contributed by atoms with Crippen molar-refractivity contribution in [1.29, 1.82) is 0 Å². The van der Waals surface area contributed by atoms with Gasteiger partial charge in [-0.05, 0) is 0 Å². The number of hydrogen-bond acceptors (Lipinski definition) is 8. The summed E-state index contributed by atoms with van der Waals surface area (Å²) < 4.78 is 3.03. The molecule has 1 heterocycles. The zero-order valence-corrected chi connectivity index (χ0v) is 16.6. The molecule has 0 saturated carbocycles. The second kappa shape index (κ2) is 8.76. The molecular weight excluding hydrogens is 496 g/mol. The number of aromatic amines is 1. The maximum Gasteiger partial charge on any atom is 0.283 e. The number of fused-ring (bicyclic) bond motifs is 1. The molecule has 1 aromatic heterocycles. The molecule has 0 unspecified atom stereocenters. The van der Waals surface area contributed by atoms with Gasteiger partial charge in [0.25, 0.3) is 17.1 Å². The van der Waals surface area contributed by atoms with Crippen LogP contribution in [-0.4, -0.2) is 41.5 Å². The number of nitro groups is 3. The van der Waals surface area contributed by atoms with Crippen molar-refractivity contribution in [1.82, 2.24) is 0 Å². The molecule has 13 heteroatoms. The molecule has 11 nitrogen and oxygen atoms in total. The SMILES string of the molecule is CSc1[nH+]c2ccccc2[te]1.O=[N+]([O-])c1cc([N+](=O)[O-])c([O-])c([N+](=O)[O-])c1. The molecule has 0 aliphatic heterocycles. The molecule has 0 spiro atoms. The number of para-hydroxylation sites is 1. The quantitative estimate of drug-likeness (QED) is 0.224. The number of non-ortho nitro benzene ring substituents is 1. The summed E-state index contributed by atoms with van der Waals surface area (Å²) in [5.41, 5.74) is -1.93. The Balaban J connectivity index is 0.000000206. The van der Waals surface area contributed by atoms with Crippen LogP contribution in [0.2, 0.25) is 0 Å². The van der Waals surface area contributed by atoms with Crippen LogP contribution < -0.4 is 10.1 Å². The average Bonchev–Trinajstić information content (AvgIpc) is 3.05. The number of nitro benzene ring substituents is 3. The third-order valence-corrected chi connectivity index (χ3v) is 8.07. The molecule has 3 aromatic rings. The largest absolute Gasteiger partial charge is 0.863 e. The second-order valence-corrected chi connectivity index (χ2v) is 9.43. The zero-order valence-electron chi connectivity index (χ0n) is 13.5. The van der Waals surface area contributed by atoms with Crippen LogP contribution in [-0.2, 0) is 0 Å². The average molecular weight is 506 g/mol. The van der Waals surface area contributed by atoms with E-state index in [1.54, 1.807) is 3.40 Å². The van der Waals surface area contributed by atoms with Crippen molar-refractivity contribution in [3.8, 4) is 5.75 Å². The molecule has 0 bridgehead atoms. The molecular formula is C14H10N4O7STe. The first kappa shape index (κ1) is 20.6. The summed E-state index contributed by atoms with van der Waals surface area (Å²) in [4.78, 5) is 30.9. The fourth-order valence-corrected chi connectivity index (χ4v) is 5.66. The summed E-state index contributed by atoms with van der Waals surface area (Å²) in [5.74, 6) is -1.46. The molecule has 0 fully saturated rings. The summed E-state index contributed by atoms with van der Waals surface area (Å²) in [6, 6.07) is 9.36. The van der Waals surface area contributed by atoms with Crippen LogP contribution in [0.15, 0.2) is 39.4 Å². The maximum atomic E-state index is 11.1. The van der Waals surface area contributed by atoms with Crippen LogP contribution in [0, 0.1) is 30.3 Å². The van der Waals surface area contributed by atoms with E-state index in [4.69, 9.17) is 0 Å². The van der Waals surface area contributed by atoms with Crippen molar-refractivity contribution in [2.75, 3.05) is 6.26 Å². The van der Waals surface area contributed by atoms with Crippen molar-refractivity contribution < 1.29 is 24.9 Å². The fraction of sp³-hybridized carbons (Fsp3) is 0.0714. The number of nitrogens with zero attached hydrogens (tertiary/aromatic N) is 3. The third kappa shape index (κ3) is 4.91. The smallest absolute Gasteiger partial charge is 0.283 e. The van der Waals surface area contributed by atoms with Gasteiger partial charge in [-0.1, -0.05) is 0 Å². The fourth-order valence-electron chi connectivity index (χ4n) is 1.95. The summed E-state index contributed by atoms with van der Waals surface area (Å²) in [7, 11) is 0. The van der Waals surface area contributed by atoms with Gasteiger partial charge in [-0.15, -0.1) is 0 Å². The molecule has 140 valence electrons. The van der Waals surface area contributed by atoms with Crippen molar-refractivity contribution >= 4 is 58.2 Å². The van der Waals surface area contributed by atoms with Gasteiger partial charge in [-0.25, -0.2) is 0 Å². The Morgan fingerprint density at radius 1 is 0.963 bits per heavy atom. The molecule has 0 aliphatic carbocycles. The number of H-pyrrole nitrogens is 1. The van der Waals surface area contributed by atoms with Crippen LogP contribution in [0.1, 0.15) is 0 Å². The minimum Gasteiger partial charge on any atom is -0.863 e. The Bertz CT molecular complexity index is 971. The van der Waals surface area contributed by atoms with E-state index < -0.39 is 37.6 Å². The molecule has 0 saturated heterocycles. The molecule has 27 heavy (non-hydrogen) atoms. The van der Waals surface area contributed by atoms with E-state index in [9.17, 15) is 35.4 Å². The summed E-state index contributed by atoms with van der Waals surface area (Å²) >= 11 is 1.80. The van der Waals surface area contributed by atoms with Crippen LogP contribution in [0.4, 0.5) is 17.1 Å². The van der Waals surface area contributed by atoms with Crippen LogP contribution in [0.5, 0.6) is 5.75 Å². The van der Waals surface area contributed by atoms with Crippen LogP contribution >= 0.6 is 11.8 Å². The number of hydrogen-bond donors (Lipinski definition) is 0. The number of thioether (sulfide) groups is 1. The summed E-state index contributed by atoms with van der Waals surface area (Å²) in [6.45, 7) is 0. The summed E-state index contributed by atoms with van der Waals surface area (Å²) in [6.07, 6.45) is 2.14. The Morgan fingerprint density at radius 2 is 1.52 bits per heavy atom. The number of benzene rings is 2. The van der Waals surface area contributed by atoms with Gasteiger partial charge in [0.05, 0.1) is 32.7 Å². The van der Waals surface area contributed by atoms with Crippen LogP contribution in [0.25, 0.3) is 8.92 Å². The van der Waals surface area contributed by atoms with Gasteiger partial charge in [0.15, 0.2) is 0 Å². The Hall–Kier alpha value is -2.75. The van der Waals surface area contributed by atoms with E-state index in [-0.39, 0.29) is 20.4 Å². The molecule has 0 atom stereocenters. The van der Waals surface area contributed by atoms with Gasteiger partial charge in [-0.2, -0.15) is 0 Å². The van der Waals surface area contributed by atoms with E-state index in [1.165, 1.54) is 8.56 Å². The van der Waals surface area contributed by atoms with Gasteiger partial charge in [0.2, 0.25) is 0 Å². The van der Waals surface area contributed by atoms with E-state index >= 15 is 0 Å². The third-order valence-electron chi connectivity index (χ3n) is 3.15. The Morgan fingerprint density at radius 3 is 1.96 bits per heavy atom. The van der Waals surface area contributed by atoms with E-state index in [2.05, 4.69) is 35.5 Å². The maximum absolute atomic E-state index is 11.1. The van der Waals surface area contributed by atoms with Gasteiger partial charge >= 0.3 is 79.7 Å². The minimum atomic E-state index is -1.46. The van der Waals surface area contributed by atoms with Crippen molar-refractivity contribution in [2.45, 2.75) is 3.04 Å². The van der Waals surface area contributed by atoms with E-state index in [1.807, 2.05) is 11.8 Å². The standard InChI is InChI=1S/C8H7NSTe.C6H3N3O7/c1-10-8-9-6-4-2-3-5-7(6)11-8;10-6-4(8(13)14)1-3(7(11)12)2-5(6)9(15)16/h2-5H,1H3;1-2,10H. The number of rotatable bonds is 4. The second-order valence-electron chi connectivity index (χ2n) is 4.80. The molecule has 0 radical (unpaired) electrons. The van der Waals surface area contributed by atoms with Crippen molar-refractivity contribution in [3.05, 3.63) is 66.7 Å². The molecule has 3 rings (SSSR count).